The van der Waals surface area contributed by atoms with Crippen LogP contribution in [0.3, 0.4) is 0 Å². The van der Waals surface area contributed by atoms with E-state index in [9.17, 15) is 19.8 Å². The molecule has 34 heavy (non-hydrogen) atoms. The summed E-state index contributed by atoms with van der Waals surface area (Å²) in [6.45, 7) is 6.10. The summed E-state index contributed by atoms with van der Waals surface area (Å²) in [6.07, 6.45) is 1.92. The summed E-state index contributed by atoms with van der Waals surface area (Å²) in [5, 5.41) is 32.1. The van der Waals surface area contributed by atoms with Gasteiger partial charge in [-0.05, 0) is 61.1 Å². The Bertz CT molecular complexity index is 1260. The van der Waals surface area contributed by atoms with Crippen LogP contribution in [0, 0.1) is 0 Å². The summed E-state index contributed by atoms with van der Waals surface area (Å²) in [5.41, 5.74) is 3.44. The number of carbonyl (C=O) groups excluding carboxylic acids is 2. The van der Waals surface area contributed by atoms with E-state index in [1.165, 1.54) is 6.07 Å². The van der Waals surface area contributed by atoms with Crippen LogP contribution in [-0.4, -0.2) is 50.4 Å². The van der Waals surface area contributed by atoms with E-state index in [1.54, 1.807) is 22.6 Å². The third-order valence-corrected chi connectivity index (χ3v) is 6.10. The van der Waals surface area contributed by atoms with E-state index in [0.29, 0.717) is 29.8 Å². The smallest absolute Gasteiger partial charge is 0.289 e. The highest BCUT2D eigenvalue weighted by molar-refractivity contribution is 5.95. The Morgan fingerprint density at radius 3 is 2.59 bits per heavy atom. The number of amides is 2. The molecule has 1 aliphatic rings. The maximum absolute atomic E-state index is 12.8. The molecule has 3 N–H and O–H groups in total. The van der Waals surface area contributed by atoms with Crippen LogP contribution in [0.15, 0.2) is 30.3 Å². The van der Waals surface area contributed by atoms with E-state index in [4.69, 9.17) is 0 Å². The number of aromatic nitrogens is 3. The fraction of sp³-hybridized carbons (Fsp3) is 0.360. The van der Waals surface area contributed by atoms with Gasteiger partial charge in [-0.1, -0.05) is 13.8 Å². The summed E-state index contributed by atoms with van der Waals surface area (Å²) in [6, 6.07) is 8.56. The predicted molar refractivity (Wildman–Crippen MR) is 129 cm³/mol. The molecule has 0 atom stereocenters. The summed E-state index contributed by atoms with van der Waals surface area (Å²) in [4.78, 5) is 26.8. The number of rotatable bonds is 5. The lowest BCUT2D eigenvalue weighted by atomic mass is 9.98. The molecule has 2 aromatic carbocycles. The van der Waals surface area contributed by atoms with Gasteiger partial charge in [-0.15, -0.1) is 10.2 Å². The van der Waals surface area contributed by atoms with Crippen molar-refractivity contribution in [2.75, 3.05) is 18.5 Å². The molecule has 9 heteroatoms. The average Bonchev–Trinajstić information content (AvgIpc) is 3.17. The lowest BCUT2D eigenvalue weighted by Crippen LogP contribution is -2.26. The third kappa shape index (κ3) is 4.09. The number of aromatic hydroxyl groups is 2. The van der Waals surface area contributed by atoms with Gasteiger partial charge in [0.15, 0.2) is 5.82 Å². The maximum atomic E-state index is 12.8. The lowest BCUT2D eigenvalue weighted by Gasteiger charge is -2.19. The van der Waals surface area contributed by atoms with Crippen molar-refractivity contribution >= 4 is 17.5 Å². The molecule has 4 rings (SSSR count). The zero-order chi connectivity index (χ0) is 24.6. The topological polar surface area (TPSA) is 121 Å². The number of benzene rings is 2. The number of phenols is 2. The Labute approximate surface area is 198 Å². The summed E-state index contributed by atoms with van der Waals surface area (Å²) < 4.78 is 1.61. The molecule has 0 spiro atoms. The van der Waals surface area contributed by atoms with E-state index in [1.807, 2.05) is 39.0 Å². The second kappa shape index (κ2) is 9.17. The monoisotopic (exact) mass is 463 g/mol. The SMILES string of the molecule is CCNC(=O)c1nnc(-c2cc(C(C)C)c(O)cc2O)n1-c1ccc2c(c1)CCCC(=O)N2C. The molecule has 1 aliphatic heterocycles. The van der Waals surface area contributed by atoms with Crippen LogP contribution in [0.25, 0.3) is 17.1 Å². The fourth-order valence-corrected chi connectivity index (χ4v) is 4.30. The molecule has 3 aromatic rings. The fourth-order valence-electron chi connectivity index (χ4n) is 4.30. The molecular weight excluding hydrogens is 434 g/mol. The summed E-state index contributed by atoms with van der Waals surface area (Å²) in [5.74, 6) is -0.158. The number of anilines is 1. The molecule has 9 nitrogen and oxygen atoms in total. The van der Waals surface area contributed by atoms with Gasteiger partial charge in [0, 0.05) is 37.5 Å². The number of nitrogens with one attached hydrogen (secondary N) is 1. The van der Waals surface area contributed by atoms with Gasteiger partial charge in [0.25, 0.3) is 5.91 Å². The summed E-state index contributed by atoms with van der Waals surface area (Å²) >= 11 is 0. The molecule has 0 fully saturated rings. The van der Waals surface area contributed by atoms with Gasteiger partial charge in [-0.2, -0.15) is 0 Å². The largest absolute Gasteiger partial charge is 0.508 e. The molecule has 2 amide bonds. The molecule has 0 aliphatic carbocycles. The Kier molecular flexibility index (Phi) is 6.28. The van der Waals surface area contributed by atoms with Crippen molar-refractivity contribution in [1.82, 2.24) is 20.1 Å². The van der Waals surface area contributed by atoms with E-state index < -0.39 is 5.91 Å². The molecule has 0 saturated carbocycles. The molecule has 0 radical (unpaired) electrons. The number of fused-ring (bicyclic) bond motifs is 1. The lowest BCUT2D eigenvalue weighted by molar-refractivity contribution is -0.118. The van der Waals surface area contributed by atoms with Crippen molar-refractivity contribution in [2.45, 2.75) is 46.0 Å². The van der Waals surface area contributed by atoms with E-state index in [-0.39, 0.29) is 35.0 Å². The zero-order valence-corrected chi connectivity index (χ0v) is 19.8. The first-order valence-corrected chi connectivity index (χ1v) is 11.4. The first kappa shape index (κ1) is 23.3. The van der Waals surface area contributed by atoms with Crippen LogP contribution in [0.2, 0.25) is 0 Å². The van der Waals surface area contributed by atoms with Crippen LogP contribution in [0.4, 0.5) is 5.69 Å². The predicted octanol–water partition coefficient (Wildman–Crippen LogP) is 3.52. The molecule has 1 aromatic heterocycles. The van der Waals surface area contributed by atoms with Crippen molar-refractivity contribution < 1.29 is 19.8 Å². The summed E-state index contributed by atoms with van der Waals surface area (Å²) in [7, 11) is 1.76. The maximum Gasteiger partial charge on any atom is 0.289 e. The van der Waals surface area contributed by atoms with Crippen LogP contribution in [0.5, 0.6) is 11.5 Å². The molecular formula is C25H29N5O4. The number of hydrogen-bond donors (Lipinski definition) is 3. The minimum absolute atomic E-state index is 0.000787. The zero-order valence-electron chi connectivity index (χ0n) is 19.8. The standard InChI is InChI=1S/C25H29N5O4/c1-5-26-25(34)24-28-27-23(18-12-17(14(2)3)20(31)13-21(18)32)30(24)16-9-10-19-15(11-16)7-6-8-22(33)29(19)4/h9-14,31-32H,5-8H2,1-4H3,(H,26,34). The molecule has 2 heterocycles. The average molecular weight is 464 g/mol. The highest BCUT2D eigenvalue weighted by atomic mass is 16.3. The Morgan fingerprint density at radius 1 is 1.12 bits per heavy atom. The molecule has 0 unspecified atom stereocenters. The minimum atomic E-state index is -0.397. The Hall–Kier alpha value is -3.88. The quantitative estimate of drug-likeness (QED) is 0.532. The van der Waals surface area contributed by atoms with Crippen LogP contribution < -0.4 is 10.2 Å². The first-order valence-electron chi connectivity index (χ1n) is 11.4. The molecule has 0 bridgehead atoms. The number of carbonyl (C=O) groups is 2. The van der Waals surface area contributed by atoms with E-state index in [2.05, 4.69) is 15.5 Å². The Morgan fingerprint density at radius 2 is 1.88 bits per heavy atom. The van der Waals surface area contributed by atoms with Crippen molar-refractivity contribution in [3.05, 3.63) is 47.3 Å². The van der Waals surface area contributed by atoms with Crippen LogP contribution >= 0.6 is 0 Å². The van der Waals surface area contributed by atoms with E-state index >= 15 is 0 Å². The Balaban J connectivity index is 1.94. The van der Waals surface area contributed by atoms with Crippen molar-refractivity contribution in [3.63, 3.8) is 0 Å². The van der Waals surface area contributed by atoms with Gasteiger partial charge in [-0.25, -0.2) is 0 Å². The molecule has 178 valence electrons. The first-order chi connectivity index (χ1) is 16.2. The van der Waals surface area contributed by atoms with Gasteiger partial charge in [-0.3, -0.25) is 14.2 Å². The molecule has 0 saturated heterocycles. The number of hydrogen-bond acceptors (Lipinski definition) is 6. The second-order valence-corrected chi connectivity index (χ2v) is 8.74. The number of aryl methyl sites for hydroxylation is 1. The van der Waals surface area contributed by atoms with E-state index in [0.717, 1.165) is 24.1 Å². The van der Waals surface area contributed by atoms with Gasteiger partial charge >= 0.3 is 0 Å². The van der Waals surface area contributed by atoms with Crippen molar-refractivity contribution in [3.8, 4) is 28.6 Å². The van der Waals surface area contributed by atoms with Crippen LogP contribution in [-0.2, 0) is 11.2 Å². The van der Waals surface area contributed by atoms with Crippen molar-refractivity contribution in [2.24, 2.45) is 0 Å². The van der Waals surface area contributed by atoms with Crippen LogP contribution in [0.1, 0.15) is 61.3 Å². The minimum Gasteiger partial charge on any atom is -0.508 e. The highest BCUT2D eigenvalue weighted by Crippen LogP contribution is 2.38. The van der Waals surface area contributed by atoms with Crippen molar-refractivity contribution in [1.29, 1.82) is 0 Å². The highest BCUT2D eigenvalue weighted by Gasteiger charge is 2.26. The number of nitrogens with zero attached hydrogens (tertiary/aromatic N) is 4. The second-order valence-electron chi connectivity index (χ2n) is 8.74. The normalized spacial score (nSPS) is 13.7. The number of phenolic OH excluding ortho intramolecular Hbond substituents is 2. The third-order valence-electron chi connectivity index (χ3n) is 6.10. The van der Waals surface area contributed by atoms with Gasteiger partial charge in [0.2, 0.25) is 11.7 Å². The van der Waals surface area contributed by atoms with Gasteiger partial charge in [0.05, 0.1) is 5.56 Å². The van der Waals surface area contributed by atoms with Gasteiger partial charge in [0.1, 0.15) is 11.5 Å². The van der Waals surface area contributed by atoms with Gasteiger partial charge < -0.3 is 20.4 Å².